The van der Waals surface area contributed by atoms with Crippen molar-refractivity contribution >= 4 is 0 Å². The predicted octanol–water partition coefficient (Wildman–Crippen LogP) is 3.41. The van der Waals surface area contributed by atoms with Crippen LogP contribution in [0.3, 0.4) is 0 Å². The topological polar surface area (TPSA) is 29.3 Å². The smallest absolute Gasteiger partial charge is 0.0124 e. The summed E-state index contributed by atoms with van der Waals surface area (Å²) in [7, 11) is 0. The van der Waals surface area contributed by atoms with Crippen LogP contribution in [0.2, 0.25) is 0 Å². The second-order valence-corrected chi connectivity index (χ2v) is 6.64. The van der Waals surface area contributed by atoms with Gasteiger partial charge in [-0.25, -0.2) is 0 Å². The Morgan fingerprint density at radius 3 is 2.39 bits per heavy atom. The zero-order valence-electron chi connectivity index (χ0n) is 12.5. The van der Waals surface area contributed by atoms with Crippen LogP contribution in [-0.2, 0) is 0 Å². The molecular formula is C16H32N2. The van der Waals surface area contributed by atoms with Gasteiger partial charge < -0.3 is 5.73 Å². The van der Waals surface area contributed by atoms with Gasteiger partial charge in [0.15, 0.2) is 0 Å². The molecule has 1 saturated carbocycles. The average molecular weight is 252 g/mol. The number of likely N-dealkylation sites (tertiary alicyclic amines) is 1. The molecule has 2 nitrogen and oxygen atoms in total. The minimum Gasteiger partial charge on any atom is -0.330 e. The van der Waals surface area contributed by atoms with Gasteiger partial charge in [-0.2, -0.15) is 0 Å². The van der Waals surface area contributed by atoms with E-state index in [2.05, 4.69) is 18.7 Å². The van der Waals surface area contributed by atoms with Crippen LogP contribution in [0.15, 0.2) is 0 Å². The van der Waals surface area contributed by atoms with E-state index in [1.54, 1.807) is 0 Å². The third kappa shape index (κ3) is 2.91. The van der Waals surface area contributed by atoms with Crippen molar-refractivity contribution in [1.82, 2.24) is 4.90 Å². The van der Waals surface area contributed by atoms with Crippen LogP contribution in [0.5, 0.6) is 0 Å². The van der Waals surface area contributed by atoms with Gasteiger partial charge in [-0.1, -0.05) is 26.7 Å². The molecule has 0 aromatic carbocycles. The predicted molar refractivity (Wildman–Crippen MR) is 78.6 cm³/mol. The van der Waals surface area contributed by atoms with Crippen LogP contribution in [0.1, 0.15) is 65.2 Å². The highest BCUT2D eigenvalue weighted by Gasteiger charge is 2.37. The van der Waals surface area contributed by atoms with Gasteiger partial charge in [0.2, 0.25) is 0 Å². The van der Waals surface area contributed by atoms with Gasteiger partial charge in [-0.3, -0.25) is 4.90 Å². The fraction of sp³-hybridized carbons (Fsp3) is 1.00. The molecular weight excluding hydrogens is 220 g/mol. The molecule has 0 aromatic rings. The molecule has 18 heavy (non-hydrogen) atoms. The van der Waals surface area contributed by atoms with Gasteiger partial charge in [0, 0.05) is 12.6 Å². The van der Waals surface area contributed by atoms with Crippen molar-refractivity contribution in [2.24, 2.45) is 17.1 Å². The lowest BCUT2D eigenvalue weighted by Gasteiger charge is -2.48. The first-order valence-electron chi connectivity index (χ1n) is 8.19. The minimum absolute atomic E-state index is 0.374. The molecule has 2 aliphatic rings. The van der Waals surface area contributed by atoms with Crippen LogP contribution >= 0.6 is 0 Å². The quantitative estimate of drug-likeness (QED) is 0.812. The van der Waals surface area contributed by atoms with E-state index in [0.29, 0.717) is 5.41 Å². The summed E-state index contributed by atoms with van der Waals surface area (Å²) in [5.41, 5.74) is 6.46. The number of nitrogens with two attached hydrogens (primary N) is 1. The maximum atomic E-state index is 6.09. The Hall–Kier alpha value is -0.0800. The van der Waals surface area contributed by atoms with E-state index in [-0.39, 0.29) is 0 Å². The van der Waals surface area contributed by atoms with Crippen molar-refractivity contribution in [1.29, 1.82) is 0 Å². The first-order chi connectivity index (χ1) is 8.74. The maximum absolute atomic E-state index is 6.09. The molecule has 106 valence electrons. The summed E-state index contributed by atoms with van der Waals surface area (Å²) in [4.78, 5) is 2.81. The van der Waals surface area contributed by atoms with Crippen LogP contribution in [-0.4, -0.2) is 30.6 Å². The Morgan fingerprint density at radius 2 is 1.72 bits per heavy atom. The largest absolute Gasteiger partial charge is 0.330 e. The third-order valence-corrected chi connectivity index (χ3v) is 5.83. The molecule has 2 rings (SSSR count). The van der Waals surface area contributed by atoms with Crippen LogP contribution < -0.4 is 5.73 Å². The molecule has 1 heterocycles. The molecule has 2 fully saturated rings. The summed E-state index contributed by atoms with van der Waals surface area (Å²) in [5, 5.41) is 0. The maximum Gasteiger partial charge on any atom is 0.0124 e. The first kappa shape index (κ1) is 14.3. The van der Waals surface area contributed by atoms with Crippen molar-refractivity contribution in [2.75, 3.05) is 19.6 Å². The SMILES string of the molecule is CCC(CC)(CN)CN1CCCC2CCCCC21. The third-order valence-electron chi connectivity index (χ3n) is 5.83. The number of piperidine rings is 1. The van der Waals surface area contributed by atoms with Gasteiger partial charge in [-0.05, 0) is 62.9 Å². The molecule has 2 N–H and O–H groups in total. The molecule has 2 atom stereocenters. The van der Waals surface area contributed by atoms with Crippen molar-refractivity contribution < 1.29 is 0 Å². The lowest BCUT2D eigenvalue weighted by Crippen LogP contribution is -2.52. The number of rotatable bonds is 5. The van der Waals surface area contributed by atoms with E-state index in [9.17, 15) is 0 Å². The summed E-state index contributed by atoms with van der Waals surface area (Å²) in [5.74, 6) is 0.997. The number of nitrogens with zero attached hydrogens (tertiary/aromatic N) is 1. The second-order valence-electron chi connectivity index (χ2n) is 6.64. The van der Waals surface area contributed by atoms with E-state index in [1.807, 2.05) is 0 Å². The summed E-state index contributed by atoms with van der Waals surface area (Å²) in [6.45, 7) is 8.06. The monoisotopic (exact) mass is 252 g/mol. The number of hydrogen-bond donors (Lipinski definition) is 1. The lowest BCUT2D eigenvalue weighted by atomic mass is 9.75. The van der Waals surface area contributed by atoms with E-state index >= 15 is 0 Å². The number of fused-ring (bicyclic) bond motifs is 1. The fourth-order valence-corrected chi connectivity index (χ4v) is 4.18. The zero-order chi connectivity index (χ0) is 13.0. The van der Waals surface area contributed by atoms with Crippen molar-refractivity contribution in [3.63, 3.8) is 0 Å². The lowest BCUT2D eigenvalue weighted by molar-refractivity contribution is 0.0226. The van der Waals surface area contributed by atoms with Gasteiger partial charge in [0.1, 0.15) is 0 Å². The first-order valence-corrected chi connectivity index (χ1v) is 8.19. The Morgan fingerprint density at radius 1 is 1.06 bits per heavy atom. The minimum atomic E-state index is 0.374. The fourth-order valence-electron chi connectivity index (χ4n) is 4.18. The Labute approximate surface area is 113 Å². The molecule has 0 aromatic heterocycles. The van der Waals surface area contributed by atoms with E-state index < -0.39 is 0 Å². The van der Waals surface area contributed by atoms with Gasteiger partial charge in [-0.15, -0.1) is 0 Å². The summed E-state index contributed by atoms with van der Waals surface area (Å²) in [6.07, 6.45) is 11.2. The van der Waals surface area contributed by atoms with Crippen molar-refractivity contribution in [3.05, 3.63) is 0 Å². The molecule has 2 unspecified atom stereocenters. The molecule has 1 aliphatic heterocycles. The average Bonchev–Trinajstić information content (AvgIpc) is 2.45. The van der Waals surface area contributed by atoms with Crippen LogP contribution in [0.25, 0.3) is 0 Å². The van der Waals surface area contributed by atoms with E-state index in [0.717, 1.165) is 18.5 Å². The van der Waals surface area contributed by atoms with Gasteiger partial charge in [0.05, 0.1) is 0 Å². The van der Waals surface area contributed by atoms with Gasteiger partial charge in [0.25, 0.3) is 0 Å². The van der Waals surface area contributed by atoms with Crippen LogP contribution in [0.4, 0.5) is 0 Å². The Bertz CT molecular complexity index is 237. The van der Waals surface area contributed by atoms with Gasteiger partial charge >= 0.3 is 0 Å². The van der Waals surface area contributed by atoms with Crippen molar-refractivity contribution in [3.8, 4) is 0 Å². The second kappa shape index (κ2) is 6.38. The molecule has 0 spiro atoms. The van der Waals surface area contributed by atoms with Crippen molar-refractivity contribution in [2.45, 2.75) is 71.3 Å². The Kier molecular flexibility index (Phi) is 5.08. The highest BCUT2D eigenvalue weighted by Crippen LogP contribution is 2.37. The Balaban J connectivity index is 2.02. The standard InChI is InChI=1S/C16H32N2/c1-3-16(4-2,12-17)13-18-11-7-9-14-8-5-6-10-15(14)18/h14-15H,3-13,17H2,1-2H3. The van der Waals surface area contributed by atoms with E-state index in [1.165, 1.54) is 64.5 Å². The molecule has 0 amide bonds. The molecule has 0 bridgehead atoms. The molecule has 1 aliphatic carbocycles. The van der Waals surface area contributed by atoms with E-state index in [4.69, 9.17) is 5.73 Å². The summed E-state index contributed by atoms with van der Waals surface area (Å²) in [6, 6.07) is 0.886. The molecule has 0 radical (unpaired) electrons. The number of hydrogen-bond acceptors (Lipinski definition) is 2. The van der Waals surface area contributed by atoms with Crippen LogP contribution in [0, 0.1) is 11.3 Å². The zero-order valence-corrected chi connectivity index (χ0v) is 12.5. The summed E-state index contributed by atoms with van der Waals surface area (Å²) < 4.78 is 0. The molecule has 1 saturated heterocycles. The highest BCUT2D eigenvalue weighted by atomic mass is 15.2. The normalized spacial score (nSPS) is 30.2. The summed E-state index contributed by atoms with van der Waals surface area (Å²) >= 11 is 0. The highest BCUT2D eigenvalue weighted by molar-refractivity contribution is 4.91. The molecule has 2 heteroatoms.